The molecule has 0 aromatic heterocycles. The van der Waals surface area contributed by atoms with Crippen LogP contribution < -0.4 is 5.32 Å². The average molecular weight is 251 g/mol. The number of hydrogen-bond acceptors (Lipinski definition) is 5. The SMILES string of the molecule is Cc1ccc2c(c1C(O)C(O)CO)C(=O)C(=O)N2. The van der Waals surface area contributed by atoms with Gasteiger partial charge in [-0.1, -0.05) is 6.07 Å². The highest BCUT2D eigenvalue weighted by atomic mass is 16.4. The molecule has 0 bridgehead atoms. The number of amides is 1. The van der Waals surface area contributed by atoms with Gasteiger partial charge in [-0.3, -0.25) is 9.59 Å². The first-order chi connectivity index (χ1) is 8.47. The maximum absolute atomic E-state index is 11.7. The van der Waals surface area contributed by atoms with Crippen LogP contribution >= 0.6 is 0 Å². The van der Waals surface area contributed by atoms with Crippen molar-refractivity contribution >= 4 is 17.4 Å². The van der Waals surface area contributed by atoms with Gasteiger partial charge in [0.1, 0.15) is 12.2 Å². The quantitative estimate of drug-likeness (QED) is 0.543. The van der Waals surface area contributed by atoms with Crippen molar-refractivity contribution in [3.63, 3.8) is 0 Å². The topological polar surface area (TPSA) is 107 Å². The Morgan fingerprint density at radius 3 is 2.56 bits per heavy atom. The van der Waals surface area contributed by atoms with E-state index in [9.17, 15) is 19.8 Å². The molecular formula is C12H13NO5. The molecule has 0 saturated heterocycles. The summed E-state index contributed by atoms with van der Waals surface area (Å²) >= 11 is 0. The van der Waals surface area contributed by atoms with Crippen LogP contribution in [0.5, 0.6) is 0 Å². The number of benzene rings is 1. The van der Waals surface area contributed by atoms with E-state index in [0.29, 0.717) is 11.3 Å². The van der Waals surface area contributed by atoms with Crippen LogP contribution in [0, 0.1) is 6.92 Å². The largest absolute Gasteiger partial charge is 0.394 e. The summed E-state index contributed by atoms with van der Waals surface area (Å²) in [7, 11) is 0. The van der Waals surface area contributed by atoms with Crippen molar-refractivity contribution in [2.24, 2.45) is 0 Å². The van der Waals surface area contributed by atoms with Gasteiger partial charge in [-0.05, 0) is 24.1 Å². The molecule has 2 rings (SSSR count). The lowest BCUT2D eigenvalue weighted by atomic mass is 9.92. The molecule has 0 spiro atoms. The highest BCUT2D eigenvalue weighted by Gasteiger charge is 2.35. The van der Waals surface area contributed by atoms with Gasteiger partial charge in [0.05, 0.1) is 17.9 Å². The van der Waals surface area contributed by atoms with Crippen molar-refractivity contribution < 1.29 is 24.9 Å². The number of ketones is 1. The Kier molecular flexibility index (Phi) is 3.16. The summed E-state index contributed by atoms with van der Waals surface area (Å²) in [6, 6.07) is 3.19. The van der Waals surface area contributed by atoms with Gasteiger partial charge in [0.2, 0.25) is 0 Å². The Morgan fingerprint density at radius 1 is 1.28 bits per heavy atom. The normalized spacial score (nSPS) is 17.3. The molecular weight excluding hydrogens is 238 g/mol. The predicted octanol–water partition coefficient (Wildman–Crippen LogP) is -0.484. The molecule has 4 N–H and O–H groups in total. The summed E-state index contributed by atoms with van der Waals surface area (Å²) in [6.45, 7) is 1.01. The van der Waals surface area contributed by atoms with Gasteiger partial charge < -0.3 is 20.6 Å². The zero-order valence-corrected chi connectivity index (χ0v) is 9.67. The summed E-state index contributed by atoms with van der Waals surface area (Å²) < 4.78 is 0. The number of aliphatic hydroxyl groups excluding tert-OH is 3. The second-order valence-electron chi connectivity index (χ2n) is 4.20. The van der Waals surface area contributed by atoms with E-state index in [1.165, 1.54) is 0 Å². The summed E-state index contributed by atoms with van der Waals surface area (Å²) in [6.07, 6.45) is -2.82. The number of carbonyl (C=O) groups excluding carboxylic acids is 2. The number of fused-ring (bicyclic) bond motifs is 1. The van der Waals surface area contributed by atoms with Crippen LogP contribution in [0.3, 0.4) is 0 Å². The number of anilines is 1. The minimum atomic E-state index is -1.42. The number of rotatable bonds is 3. The van der Waals surface area contributed by atoms with Crippen molar-refractivity contribution in [3.05, 3.63) is 28.8 Å². The molecule has 1 amide bonds. The first kappa shape index (κ1) is 12.7. The molecule has 2 atom stereocenters. The third-order valence-electron chi connectivity index (χ3n) is 2.99. The lowest BCUT2D eigenvalue weighted by Crippen LogP contribution is -2.24. The van der Waals surface area contributed by atoms with E-state index >= 15 is 0 Å². The van der Waals surface area contributed by atoms with Gasteiger partial charge in [-0.2, -0.15) is 0 Å². The highest BCUT2D eigenvalue weighted by molar-refractivity contribution is 6.52. The van der Waals surface area contributed by atoms with Gasteiger partial charge in [-0.25, -0.2) is 0 Å². The van der Waals surface area contributed by atoms with Gasteiger partial charge in [0, 0.05) is 0 Å². The lowest BCUT2D eigenvalue weighted by molar-refractivity contribution is -0.112. The van der Waals surface area contributed by atoms with Gasteiger partial charge in [0.15, 0.2) is 0 Å². The van der Waals surface area contributed by atoms with Crippen LogP contribution in [-0.2, 0) is 4.79 Å². The van der Waals surface area contributed by atoms with Crippen molar-refractivity contribution in [2.45, 2.75) is 19.1 Å². The minimum absolute atomic E-state index is 0.0694. The van der Waals surface area contributed by atoms with Crippen molar-refractivity contribution in [3.8, 4) is 0 Å². The lowest BCUT2D eigenvalue weighted by Gasteiger charge is -2.20. The molecule has 0 radical (unpaired) electrons. The first-order valence-corrected chi connectivity index (χ1v) is 5.43. The number of aryl methyl sites for hydroxylation is 1. The highest BCUT2D eigenvalue weighted by Crippen LogP contribution is 2.33. The Bertz CT molecular complexity index is 525. The van der Waals surface area contributed by atoms with E-state index in [1.54, 1.807) is 19.1 Å². The molecule has 0 aliphatic carbocycles. The second-order valence-corrected chi connectivity index (χ2v) is 4.20. The molecule has 1 aliphatic heterocycles. The van der Waals surface area contributed by atoms with Crippen LogP contribution in [0.4, 0.5) is 5.69 Å². The molecule has 1 heterocycles. The van der Waals surface area contributed by atoms with Crippen LogP contribution in [-0.4, -0.2) is 39.7 Å². The number of hydrogen-bond donors (Lipinski definition) is 4. The maximum Gasteiger partial charge on any atom is 0.296 e. The number of carbonyl (C=O) groups is 2. The zero-order valence-electron chi connectivity index (χ0n) is 9.67. The van der Waals surface area contributed by atoms with Gasteiger partial charge in [-0.15, -0.1) is 0 Å². The third kappa shape index (κ3) is 1.80. The summed E-state index contributed by atoms with van der Waals surface area (Å²) in [5, 5.41) is 30.6. The van der Waals surface area contributed by atoms with E-state index in [4.69, 9.17) is 5.11 Å². The Hall–Kier alpha value is -1.76. The van der Waals surface area contributed by atoms with Crippen LogP contribution in [0.2, 0.25) is 0 Å². The van der Waals surface area contributed by atoms with E-state index in [-0.39, 0.29) is 11.1 Å². The van der Waals surface area contributed by atoms with Crippen LogP contribution in [0.1, 0.15) is 27.6 Å². The summed E-state index contributed by atoms with van der Waals surface area (Å²) in [4.78, 5) is 23.0. The Labute approximate surface area is 103 Å². The molecule has 18 heavy (non-hydrogen) atoms. The van der Waals surface area contributed by atoms with Crippen molar-refractivity contribution in [1.82, 2.24) is 0 Å². The van der Waals surface area contributed by atoms with Gasteiger partial charge in [0.25, 0.3) is 11.7 Å². The summed E-state index contributed by atoms with van der Waals surface area (Å²) in [5.74, 6) is -1.50. The van der Waals surface area contributed by atoms with Gasteiger partial charge >= 0.3 is 0 Å². The predicted molar refractivity (Wildman–Crippen MR) is 62.2 cm³/mol. The van der Waals surface area contributed by atoms with E-state index in [1.807, 2.05) is 0 Å². The number of nitrogens with one attached hydrogen (secondary N) is 1. The fourth-order valence-electron chi connectivity index (χ4n) is 2.04. The molecule has 0 fully saturated rings. The first-order valence-electron chi connectivity index (χ1n) is 5.43. The average Bonchev–Trinajstić information content (AvgIpc) is 2.64. The minimum Gasteiger partial charge on any atom is -0.394 e. The maximum atomic E-state index is 11.7. The molecule has 0 saturated carbocycles. The molecule has 1 aromatic carbocycles. The standard InChI is InChI=1S/C12H13NO5/c1-5-2-3-6-9(11(17)12(18)13-6)8(5)10(16)7(15)4-14/h2-3,7,10,14-16H,4H2,1H3,(H,13,17,18). The molecule has 2 unspecified atom stereocenters. The fraction of sp³-hybridized carbons (Fsp3) is 0.333. The molecule has 1 aromatic rings. The fourth-order valence-corrected chi connectivity index (χ4v) is 2.04. The summed E-state index contributed by atoms with van der Waals surface area (Å²) in [5.41, 5.74) is 1.13. The van der Waals surface area contributed by atoms with E-state index < -0.39 is 30.5 Å². The second kappa shape index (κ2) is 4.49. The van der Waals surface area contributed by atoms with E-state index in [2.05, 4.69) is 5.32 Å². The number of aliphatic hydroxyl groups is 3. The van der Waals surface area contributed by atoms with E-state index in [0.717, 1.165) is 0 Å². The molecule has 6 heteroatoms. The number of Topliss-reactive ketones (excluding diaryl/α,β-unsaturated/α-hetero) is 1. The zero-order chi connectivity index (χ0) is 13.4. The van der Waals surface area contributed by atoms with Crippen molar-refractivity contribution in [2.75, 3.05) is 11.9 Å². The molecule has 1 aliphatic rings. The Morgan fingerprint density at radius 2 is 1.94 bits per heavy atom. The van der Waals surface area contributed by atoms with Crippen LogP contribution in [0.15, 0.2) is 12.1 Å². The van der Waals surface area contributed by atoms with Crippen LogP contribution in [0.25, 0.3) is 0 Å². The Balaban J connectivity index is 2.58. The molecule has 6 nitrogen and oxygen atoms in total. The van der Waals surface area contributed by atoms with Crippen molar-refractivity contribution in [1.29, 1.82) is 0 Å². The third-order valence-corrected chi connectivity index (χ3v) is 2.99. The molecule has 96 valence electrons. The smallest absolute Gasteiger partial charge is 0.296 e. The monoisotopic (exact) mass is 251 g/mol.